The predicted molar refractivity (Wildman–Crippen MR) is 48.1 cm³/mol. The molecule has 1 rings (SSSR count). The SMILES string of the molecule is [CH2-]c1ccc([C-]=C(C)C)cc1.[Rb+].[Re]. The summed E-state index contributed by atoms with van der Waals surface area (Å²) in [6.07, 6.45) is 3.22. The molecule has 0 aromatic heterocycles. The van der Waals surface area contributed by atoms with Gasteiger partial charge in [-0.2, -0.15) is 6.08 Å². The van der Waals surface area contributed by atoms with Crippen molar-refractivity contribution in [1.29, 1.82) is 0 Å². The molecule has 1 aromatic carbocycles. The molecular weight excluding hydrogens is 404 g/mol. The number of benzene rings is 1. The minimum absolute atomic E-state index is 0. The Morgan fingerprint density at radius 2 is 1.62 bits per heavy atom. The average Bonchev–Trinajstić information content (AvgIpc) is 1.93. The van der Waals surface area contributed by atoms with E-state index < -0.39 is 0 Å². The summed E-state index contributed by atoms with van der Waals surface area (Å²) >= 11 is 0. The van der Waals surface area contributed by atoms with Crippen molar-refractivity contribution in [2.75, 3.05) is 0 Å². The molecule has 65 valence electrons. The maximum absolute atomic E-state index is 3.81. The molecule has 0 saturated heterocycles. The standard InChI is InChI=1S/C11H12.Rb.Re/c1-9(2)8-11-6-4-10(3)5-7-11;;/h4-7H,3H2,1-2H3;;/q-2;+1;. The molecule has 1 aromatic rings. The second kappa shape index (κ2) is 8.59. The molecule has 0 bridgehead atoms. The largest absolute Gasteiger partial charge is 1.00 e. The summed E-state index contributed by atoms with van der Waals surface area (Å²) < 4.78 is 0. The van der Waals surface area contributed by atoms with Crippen LogP contribution in [0, 0.1) is 13.0 Å². The third-order valence-corrected chi connectivity index (χ3v) is 1.35. The van der Waals surface area contributed by atoms with E-state index in [4.69, 9.17) is 0 Å². The van der Waals surface area contributed by atoms with E-state index in [0.29, 0.717) is 0 Å². The zero-order valence-electron chi connectivity index (χ0n) is 8.39. The minimum Gasteiger partial charge on any atom is -0.220 e. The molecule has 0 fully saturated rings. The summed E-state index contributed by atoms with van der Waals surface area (Å²) in [7, 11) is 0. The van der Waals surface area contributed by atoms with Crippen LogP contribution in [-0.2, 0) is 20.4 Å². The quantitative estimate of drug-likeness (QED) is 0.566. The van der Waals surface area contributed by atoms with Crippen LogP contribution in [0.2, 0.25) is 0 Å². The first kappa shape index (κ1) is 16.7. The van der Waals surface area contributed by atoms with Crippen molar-refractivity contribution >= 4 is 0 Å². The fourth-order valence-corrected chi connectivity index (χ4v) is 0.877. The van der Waals surface area contributed by atoms with Crippen LogP contribution in [0.15, 0.2) is 29.8 Å². The first-order valence-electron chi connectivity index (χ1n) is 3.67. The monoisotopic (exact) mass is 416 g/mol. The summed E-state index contributed by atoms with van der Waals surface area (Å²) in [5.41, 5.74) is 3.36. The Hall–Kier alpha value is 1.30. The minimum atomic E-state index is 0. The Labute approximate surface area is 144 Å². The number of hydrogen-bond donors (Lipinski definition) is 0. The molecule has 0 atom stereocenters. The number of hydrogen-bond acceptors (Lipinski definition) is 0. The smallest absolute Gasteiger partial charge is 0.220 e. The van der Waals surface area contributed by atoms with Crippen LogP contribution in [0.5, 0.6) is 0 Å². The van der Waals surface area contributed by atoms with Gasteiger partial charge in [0.2, 0.25) is 0 Å². The summed E-state index contributed by atoms with van der Waals surface area (Å²) in [4.78, 5) is 0. The molecule has 13 heavy (non-hydrogen) atoms. The van der Waals surface area contributed by atoms with Gasteiger partial charge in [-0.25, -0.2) is 42.3 Å². The van der Waals surface area contributed by atoms with Gasteiger partial charge in [-0.15, -0.1) is 5.57 Å². The second-order valence-corrected chi connectivity index (χ2v) is 2.82. The molecule has 0 aliphatic carbocycles. The fourth-order valence-electron chi connectivity index (χ4n) is 0.877. The molecule has 0 aliphatic heterocycles. The van der Waals surface area contributed by atoms with Gasteiger partial charge in [0.15, 0.2) is 0 Å². The third kappa shape index (κ3) is 7.25. The maximum atomic E-state index is 3.81. The van der Waals surface area contributed by atoms with Crippen molar-refractivity contribution in [1.82, 2.24) is 0 Å². The Morgan fingerprint density at radius 3 is 2.00 bits per heavy atom. The van der Waals surface area contributed by atoms with Crippen molar-refractivity contribution in [3.63, 3.8) is 0 Å². The zero-order valence-corrected chi connectivity index (χ0v) is 16.0. The van der Waals surface area contributed by atoms with E-state index in [9.17, 15) is 0 Å². The Kier molecular flexibility index (Phi) is 11.1. The van der Waals surface area contributed by atoms with Crippen molar-refractivity contribution in [2.45, 2.75) is 13.8 Å². The normalized spacial score (nSPS) is 7.85. The fraction of sp³-hybridized carbons (Fsp3) is 0.182. The van der Waals surface area contributed by atoms with Crippen molar-refractivity contribution in [3.05, 3.63) is 54.0 Å². The molecule has 2 heteroatoms. The van der Waals surface area contributed by atoms with Crippen molar-refractivity contribution in [2.24, 2.45) is 0 Å². The van der Waals surface area contributed by atoms with Gasteiger partial charge >= 0.3 is 58.2 Å². The van der Waals surface area contributed by atoms with Gasteiger partial charge in [0.1, 0.15) is 0 Å². The Balaban J connectivity index is 0. The van der Waals surface area contributed by atoms with Gasteiger partial charge < -0.3 is 0 Å². The van der Waals surface area contributed by atoms with Gasteiger partial charge in [0, 0.05) is 20.4 Å². The van der Waals surface area contributed by atoms with E-state index >= 15 is 0 Å². The van der Waals surface area contributed by atoms with Crippen LogP contribution in [0.3, 0.4) is 0 Å². The van der Waals surface area contributed by atoms with E-state index in [1.807, 2.05) is 38.1 Å². The summed E-state index contributed by atoms with van der Waals surface area (Å²) in [5, 5.41) is 0. The molecule has 0 N–H and O–H groups in total. The molecule has 0 amide bonds. The van der Waals surface area contributed by atoms with Gasteiger partial charge in [0.25, 0.3) is 0 Å². The van der Waals surface area contributed by atoms with E-state index in [1.165, 1.54) is 5.57 Å². The molecule has 0 unspecified atom stereocenters. The van der Waals surface area contributed by atoms with Crippen LogP contribution < -0.4 is 58.2 Å². The Bertz CT molecular complexity index is 258. The van der Waals surface area contributed by atoms with Crippen molar-refractivity contribution in [3.8, 4) is 0 Å². The van der Waals surface area contributed by atoms with Gasteiger partial charge in [-0.1, -0.05) is 13.8 Å². The van der Waals surface area contributed by atoms with Crippen LogP contribution in [-0.4, -0.2) is 0 Å². The summed E-state index contributed by atoms with van der Waals surface area (Å²) in [5.74, 6) is 0. The van der Waals surface area contributed by atoms with Crippen LogP contribution in [0.4, 0.5) is 0 Å². The third-order valence-electron chi connectivity index (χ3n) is 1.35. The van der Waals surface area contributed by atoms with Crippen LogP contribution in [0.1, 0.15) is 25.0 Å². The van der Waals surface area contributed by atoms with E-state index in [2.05, 4.69) is 13.0 Å². The van der Waals surface area contributed by atoms with Crippen molar-refractivity contribution < 1.29 is 78.6 Å². The van der Waals surface area contributed by atoms with E-state index in [0.717, 1.165) is 11.1 Å². The molecule has 0 nitrogen and oxygen atoms in total. The first-order chi connectivity index (χ1) is 5.18. The molecule has 1 radical (unpaired) electrons. The molecule has 0 spiro atoms. The van der Waals surface area contributed by atoms with Crippen LogP contribution in [0.25, 0.3) is 0 Å². The summed E-state index contributed by atoms with van der Waals surface area (Å²) in [6, 6.07) is 8.03. The molecule has 0 saturated carbocycles. The zero-order chi connectivity index (χ0) is 8.27. The maximum Gasteiger partial charge on any atom is 1.00 e. The van der Waals surface area contributed by atoms with Gasteiger partial charge in [-0.3, -0.25) is 0 Å². The van der Waals surface area contributed by atoms with Gasteiger partial charge in [0.05, 0.1) is 0 Å². The number of rotatable bonds is 1. The topological polar surface area (TPSA) is 0 Å². The molecule has 0 aliphatic rings. The average molecular weight is 416 g/mol. The van der Waals surface area contributed by atoms with Crippen LogP contribution >= 0.6 is 0 Å². The van der Waals surface area contributed by atoms with Gasteiger partial charge in [-0.05, 0) is 0 Å². The second-order valence-electron chi connectivity index (χ2n) is 2.82. The van der Waals surface area contributed by atoms with E-state index in [-0.39, 0.29) is 78.6 Å². The van der Waals surface area contributed by atoms with E-state index in [1.54, 1.807) is 0 Å². The first-order valence-corrected chi connectivity index (χ1v) is 3.67. The Morgan fingerprint density at radius 1 is 1.15 bits per heavy atom. The molecule has 0 heterocycles. The molecular formula is C11H12RbRe-. The number of allylic oxidation sites excluding steroid dienone is 1. The predicted octanol–water partition coefficient (Wildman–Crippen LogP) is -0.0122. The summed E-state index contributed by atoms with van der Waals surface area (Å²) in [6.45, 7) is 7.89.